The molecule has 0 spiro atoms. The lowest BCUT2D eigenvalue weighted by Gasteiger charge is -2.20. The molecule has 7 nitrogen and oxygen atoms in total. The summed E-state index contributed by atoms with van der Waals surface area (Å²) >= 11 is 0. The number of nitrogens with zero attached hydrogens (tertiary/aromatic N) is 1. The normalized spacial score (nSPS) is 12.5. The number of hydrogen-bond donors (Lipinski definition) is 1. The van der Waals surface area contributed by atoms with Gasteiger partial charge in [0.2, 0.25) is 10.0 Å². The Hall–Kier alpha value is -2.58. The van der Waals surface area contributed by atoms with E-state index in [0.717, 1.165) is 11.1 Å². The Balaban J connectivity index is 2.26. The highest BCUT2D eigenvalue weighted by molar-refractivity contribution is 7.89. The highest BCUT2D eigenvalue weighted by atomic mass is 32.2. The van der Waals surface area contributed by atoms with Crippen molar-refractivity contribution in [3.63, 3.8) is 0 Å². The Bertz CT molecular complexity index is 1000. The highest BCUT2D eigenvalue weighted by Gasteiger charge is 2.24. The fourth-order valence-electron chi connectivity index (χ4n) is 3.07. The zero-order valence-corrected chi connectivity index (χ0v) is 19.2. The molecule has 1 atom stereocenters. The predicted octanol–water partition coefficient (Wildman–Crippen LogP) is 3.75. The smallest absolute Gasteiger partial charge is 0.265 e. The van der Waals surface area contributed by atoms with Gasteiger partial charge in [0.1, 0.15) is 11.5 Å². The fraction of sp³-hybridized carbons (Fsp3) is 0.409. The van der Waals surface area contributed by atoms with Crippen molar-refractivity contribution in [3.8, 4) is 11.5 Å². The Morgan fingerprint density at radius 1 is 1.07 bits per heavy atom. The molecule has 1 N–H and O–H groups in total. The minimum atomic E-state index is -3.67. The van der Waals surface area contributed by atoms with Crippen molar-refractivity contribution in [1.29, 1.82) is 0 Å². The number of anilines is 1. The van der Waals surface area contributed by atoms with Crippen LogP contribution in [0.4, 0.5) is 5.69 Å². The van der Waals surface area contributed by atoms with E-state index in [2.05, 4.69) is 5.32 Å². The molecule has 0 aliphatic heterocycles. The zero-order valence-electron chi connectivity index (χ0n) is 18.4. The maximum Gasteiger partial charge on any atom is 0.265 e. The second kappa shape index (κ2) is 9.95. The first-order valence-corrected chi connectivity index (χ1v) is 11.3. The average molecular weight is 435 g/mol. The molecule has 2 rings (SSSR count). The number of ether oxygens (including phenoxy) is 2. The van der Waals surface area contributed by atoms with E-state index in [1.807, 2.05) is 32.0 Å². The van der Waals surface area contributed by atoms with Crippen LogP contribution in [-0.4, -0.2) is 44.9 Å². The van der Waals surface area contributed by atoms with Gasteiger partial charge in [-0.3, -0.25) is 4.79 Å². The Morgan fingerprint density at radius 3 is 2.27 bits per heavy atom. The molecule has 0 aromatic heterocycles. The van der Waals surface area contributed by atoms with Crippen molar-refractivity contribution in [2.24, 2.45) is 0 Å². The molecule has 0 bridgehead atoms. The molecular formula is C22H30N2O5S. The van der Waals surface area contributed by atoms with Crippen molar-refractivity contribution in [2.75, 3.05) is 25.5 Å². The lowest BCUT2D eigenvalue weighted by Crippen LogP contribution is -2.31. The van der Waals surface area contributed by atoms with Crippen molar-refractivity contribution < 1.29 is 22.7 Å². The molecule has 0 saturated heterocycles. The standard InChI is InChI=1S/C22H30N2O5S/c1-7-24(8-2)30(26,27)18-10-12-21(28-6)19(14-18)23-22(25)17(5)29-20-11-9-15(3)13-16(20)4/h9-14,17H,7-8H2,1-6H3,(H,23,25). The monoisotopic (exact) mass is 434 g/mol. The molecule has 0 aliphatic carbocycles. The summed E-state index contributed by atoms with van der Waals surface area (Å²) in [4.78, 5) is 12.8. The van der Waals surface area contributed by atoms with Crippen LogP contribution in [0.15, 0.2) is 41.3 Å². The highest BCUT2D eigenvalue weighted by Crippen LogP contribution is 2.29. The van der Waals surface area contributed by atoms with Gasteiger partial charge in [0.25, 0.3) is 5.91 Å². The third kappa shape index (κ3) is 5.31. The number of carbonyl (C=O) groups is 1. The zero-order chi connectivity index (χ0) is 22.5. The number of amides is 1. The number of aryl methyl sites for hydroxylation is 2. The van der Waals surface area contributed by atoms with Gasteiger partial charge >= 0.3 is 0 Å². The molecule has 0 aliphatic rings. The Morgan fingerprint density at radius 2 is 1.70 bits per heavy atom. The largest absolute Gasteiger partial charge is 0.495 e. The van der Waals surface area contributed by atoms with Gasteiger partial charge in [-0.1, -0.05) is 31.5 Å². The number of methoxy groups -OCH3 is 1. The average Bonchev–Trinajstić information content (AvgIpc) is 2.70. The number of sulfonamides is 1. The van der Waals surface area contributed by atoms with E-state index in [9.17, 15) is 13.2 Å². The first kappa shape index (κ1) is 23.7. The number of hydrogen-bond acceptors (Lipinski definition) is 5. The molecule has 2 aromatic carbocycles. The summed E-state index contributed by atoms with van der Waals surface area (Å²) in [5, 5.41) is 2.73. The molecular weight excluding hydrogens is 404 g/mol. The SMILES string of the molecule is CCN(CC)S(=O)(=O)c1ccc(OC)c(NC(=O)C(C)Oc2ccc(C)cc2C)c1. The van der Waals surface area contributed by atoms with Crippen LogP contribution >= 0.6 is 0 Å². The van der Waals surface area contributed by atoms with E-state index >= 15 is 0 Å². The van der Waals surface area contributed by atoms with Gasteiger partial charge in [0.05, 0.1) is 17.7 Å². The second-order valence-corrected chi connectivity index (χ2v) is 8.91. The van der Waals surface area contributed by atoms with E-state index in [1.165, 1.54) is 29.6 Å². The van der Waals surface area contributed by atoms with Crippen LogP contribution in [0.3, 0.4) is 0 Å². The van der Waals surface area contributed by atoms with Gasteiger partial charge in [0, 0.05) is 13.1 Å². The van der Waals surface area contributed by atoms with E-state index in [1.54, 1.807) is 20.8 Å². The van der Waals surface area contributed by atoms with Gasteiger partial charge in [-0.05, 0) is 50.6 Å². The van der Waals surface area contributed by atoms with Crippen molar-refractivity contribution >= 4 is 21.6 Å². The number of carbonyl (C=O) groups excluding carboxylic acids is 1. The summed E-state index contributed by atoms with van der Waals surface area (Å²) in [5.41, 5.74) is 2.30. The maximum atomic E-state index is 12.8. The summed E-state index contributed by atoms with van der Waals surface area (Å²) < 4.78 is 38.1. The van der Waals surface area contributed by atoms with Gasteiger partial charge in [-0.25, -0.2) is 8.42 Å². The lowest BCUT2D eigenvalue weighted by atomic mass is 10.1. The quantitative estimate of drug-likeness (QED) is 0.650. The number of nitrogens with one attached hydrogen (secondary N) is 1. The molecule has 164 valence electrons. The predicted molar refractivity (Wildman–Crippen MR) is 118 cm³/mol. The van der Waals surface area contributed by atoms with Crippen LogP contribution in [0.1, 0.15) is 31.9 Å². The molecule has 0 heterocycles. The van der Waals surface area contributed by atoms with Crippen LogP contribution in [0.2, 0.25) is 0 Å². The molecule has 0 radical (unpaired) electrons. The van der Waals surface area contributed by atoms with Crippen LogP contribution in [0.5, 0.6) is 11.5 Å². The van der Waals surface area contributed by atoms with Gasteiger partial charge in [0.15, 0.2) is 6.10 Å². The third-order valence-corrected chi connectivity index (χ3v) is 6.82. The van der Waals surface area contributed by atoms with Crippen LogP contribution in [0, 0.1) is 13.8 Å². The molecule has 30 heavy (non-hydrogen) atoms. The minimum absolute atomic E-state index is 0.0882. The van der Waals surface area contributed by atoms with Crippen molar-refractivity contribution in [2.45, 2.75) is 45.6 Å². The third-order valence-electron chi connectivity index (χ3n) is 4.78. The summed E-state index contributed by atoms with van der Waals surface area (Å²) in [6.45, 7) is 9.80. The second-order valence-electron chi connectivity index (χ2n) is 6.97. The van der Waals surface area contributed by atoms with Crippen LogP contribution in [0.25, 0.3) is 0 Å². The number of rotatable bonds is 9. The van der Waals surface area contributed by atoms with Crippen LogP contribution < -0.4 is 14.8 Å². The lowest BCUT2D eigenvalue weighted by molar-refractivity contribution is -0.122. The Labute approximate surface area is 179 Å². The van der Waals surface area contributed by atoms with Crippen LogP contribution in [-0.2, 0) is 14.8 Å². The summed E-state index contributed by atoms with van der Waals surface area (Å²) in [5.74, 6) is 0.569. The molecule has 8 heteroatoms. The molecule has 0 saturated carbocycles. The molecule has 1 unspecified atom stereocenters. The first-order valence-electron chi connectivity index (χ1n) is 9.87. The van der Waals surface area contributed by atoms with Crippen molar-refractivity contribution in [3.05, 3.63) is 47.5 Å². The molecule has 0 fully saturated rings. The minimum Gasteiger partial charge on any atom is -0.495 e. The topological polar surface area (TPSA) is 84.9 Å². The number of benzene rings is 2. The fourth-order valence-corrected chi connectivity index (χ4v) is 4.55. The van der Waals surface area contributed by atoms with Gasteiger partial charge in [-0.2, -0.15) is 4.31 Å². The van der Waals surface area contributed by atoms with Gasteiger partial charge in [-0.15, -0.1) is 0 Å². The maximum absolute atomic E-state index is 12.8. The molecule has 2 aromatic rings. The Kier molecular flexibility index (Phi) is 7.86. The van der Waals surface area contributed by atoms with Crippen molar-refractivity contribution in [1.82, 2.24) is 4.31 Å². The first-order chi connectivity index (χ1) is 14.1. The molecule has 1 amide bonds. The summed E-state index contributed by atoms with van der Waals surface area (Å²) in [7, 11) is -2.21. The summed E-state index contributed by atoms with van der Waals surface area (Å²) in [6.07, 6.45) is -0.792. The van der Waals surface area contributed by atoms with E-state index in [-0.39, 0.29) is 10.6 Å². The van der Waals surface area contributed by atoms with E-state index < -0.39 is 22.0 Å². The van der Waals surface area contributed by atoms with E-state index in [4.69, 9.17) is 9.47 Å². The summed E-state index contributed by atoms with van der Waals surface area (Å²) in [6, 6.07) is 10.1. The van der Waals surface area contributed by atoms with Gasteiger partial charge < -0.3 is 14.8 Å². The van der Waals surface area contributed by atoms with E-state index in [0.29, 0.717) is 24.6 Å².